The summed E-state index contributed by atoms with van der Waals surface area (Å²) >= 11 is 0. The van der Waals surface area contributed by atoms with Crippen molar-refractivity contribution >= 4 is 11.7 Å². The maximum absolute atomic E-state index is 12.5. The van der Waals surface area contributed by atoms with Crippen LogP contribution in [0.25, 0.3) is 0 Å². The van der Waals surface area contributed by atoms with Crippen molar-refractivity contribution in [2.24, 2.45) is 5.92 Å². The first-order valence-corrected chi connectivity index (χ1v) is 9.17. The van der Waals surface area contributed by atoms with Gasteiger partial charge in [-0.3, -0.25) is 0 Å². The van der Waals surface area contributed by atoms with Crippen molar-refractivity contribution in [2.75, 3.05) is 31.1 Å². The standard InChI is InChI=1S/C19H29N3O2/c1-15(23)16-9-12-21(13-10-16)19(24)20-17-6-5-11-22(14-17)18-7-3-2-4-8-18/h2-4,7-8,15-17,23H,5-6,9-14H2,1H3,(H,20,24). The van der Waals surface area contributed by atoms with Crippen LogP contribution in [-0.4, -0.2) is 54.4 Å². The molecule has 5 heteroatoms. The zero-order valence-electron chi connectivity index (χ0n) is 14.5. The molecule has 0 aliphatic carbocycles. The van der Waals surface area contributed by atoms with Crippen molar-refractivity contribution in [2.45, 2.75) is 44.8 Å². The van der Waals surface area contributed by atoms with Crippen LogP contribution in [-0.2, 0) is 0 Å². The second-order valence-electron chi connectivity index (χ2n) is 7.14. The summed E-state index contributed by atoms with van der Waals surface area (Å²) in [6, 6.07) is 10.7. The summed E-state index contributed by atoms with van der Waals surface area (Å²) in [6.45, 7) is 5.27. The molecule has 2 heterocycles. The van der Waals surface area contributed by atoms with E-state index in [4.69, 9.17) is 0 Å². The summed E-state index contributed by atoms with van der Waals surface area (Å²) in [5, 5.41) is 12.9. The van der Waals surface area contributed by atoms with E-state index in [1.54, 1.807) is 0 Å². The van der Waals surface area contributed by atoms with E-state index in [0.29, 0.717) is 5.92 Å². The predicted molar refractivity (Wildman–Crippen MR) is 96.2 cm³/mol. The van der Waals surface area contributed by atoms with Crippen LogP contribution in [0.2, 0.25) is 0 Å². The Hall–Kier alpha value is -1.75. The Labute approximate surface area is 144 Å². The largest absolute Gasteiger partial charge is 0.393 e. The van der Waals surface area contributed by atoms with Gasteiger partial charge < -0.3 is 20.2 Å². The van der Waals surface area contributed by atoms with E-state index in [9.17, 15) is 9.90 Å². The second-order valence-corrected chi connectivity index (χ2v) is 7.14. The third-order valence-corrected chi connectivity index (χ3v) is 5.38. The van der Waals surface area contributed by atoms with E-state index < -0.39 is 0 Å². The lowest BCUT2D eigenvalue weighted by Gasteiger charge is -2.37. The van der Waals surface area contributed by atoms with Crippen LogP contribution in [0.15, 0.2) is 30.3 Å². The van der Waals surface area contributed by atoms with Gasteiger partial charge in [-0.25, -0.2) is 4.79 Å². The number of aliphatic hydroxyl groups excluding tert-OH is 1. The van der Waals surface area contributed by atoms with Gasteiger partial charge in [0.25, 0.3) is 0 Å². The lowest BCUT2D eigenvalue weighted by atomic mass is 9.92. The molecule has 2 fully saturated rings. The van der Waals surface area contributed by atoms with Gasteiger partial charge in [-0.15, -0.1) is 0 Å². The summed E-state index contributed by atoms with van der Waals surface area (Å²) in [5.74, 6) is 0.331. The van der Waals surface area contributed by atoms with E-state index in [2.05, 4.69) is 34.5 Å². The minimum atomic E-state index is -0.270. The van der Waals surface area contributed by atoms with Crippen LogP contribution in [0.4, 0.5) is 10.5 Å². The number of piperidine rings is 2. The van der Waals surface area contributed by atoms with Crippen LogP contribution in [0.1, 0.15) is 32.6 Å². The number of anilines is 1. The summed E-state index contributed by atoms with van der Waals surface area (Å²) in [4.78, 5) is 16.8. The molecule has 2 amide bonds. The van der Waals surface area contributed by atoms with E-state index >= 15 is 0 Å². The quantitative estimate of drug-likeness (QED) is 0.894. The molecule has 2 aliphatic rings. The van der Waals surface area contributed by atoms with Gasteiger partial charge in [-0.2, -0.15) is 0 Å². The van der Waals surface area contributed by atoms with Gasteiger partial charge >= 0.3 is 6.03 Å². The Morgan fingerprint density at radius 2 is 1.88 bits per heavy atom. The number of hydrogen-bond acceptors (Lipinski definition) is 3. The number of aliphatic hydroxyl groups is 1. The Kier molecular flexibility index (Phi) is 5.61. The van der Waals surface area contributed by atoms with E-state index in [1.807, 2.05) is 17.9 Å². The Bertz CT molecular complexity index is 527. The topological polar surface area (TPSA) is 55.8 Å². The van der Waals surface area contributed by atoms with Crippen molar-refractivity contribution in [3.05, 3.63) is 30.3 Å². The molecule has 3 rings (SSSR count). The number of carbonyl (C=O) groups excluding carboxylic acids is 1. The van der Waals surface area contributed by atoms with Gasteiger partial charge in [-0.1, -0.05) is 18.2 Å². The van der Waals surface area contributed by atoms with E-state index in [-0.39, 0.29) is 18.2 Å². The van der Waals surface area contributed by atoms with Gasteiger partial charge in [0, 0.05) is 37.9 Å². The number of benzene rings is 1. The Morgan fingerprint density at radius 3 is 2.54 bits per heavy atom. The molecule has 0 spiro atoms. The number of rotatable bonds is 3. The fourth-order valence-electron chi connectivity index (χ4n) is 3.82. The van der Waals surface area contributed by atoms with Gasteiger partial charge in [0.1, 0.15) is 0 Å². The van der Waals surface area contributed by atoms with Crippen LogP contribution in [0.5, 0.6) is 0 Å². The van der Waals surface area contributed by atoms with E-state index in [0.717, 1.165) is 51.9 Å². The first kappa shape index (κ1) is 17.1. The number of para-hydroxylation sites is 1. The summed E-state index contributed by atoms with van der Waals surface area (Å²) < 4.78 is 0. The average Bonchev–Trinajstić information content (AvgIpc) is 2.63. The molecule has 1 aromatic rings. The maximum atomic E-state index is 12.5. The highest BCUT2D eigenvalue weighted by atomic mass is 16.3. The number of hydrogen-bond donors (Lipinski definition) is 2. The van der Waals surface area contributed by atoms with Crippen molar-refractivity contribution < 1.29 is 9.90 Å². The molecule has 2 unspecified atom stereocenters. The zero-order valence-corrected chi connectivity index (χ0v) is 14.5. The Morgan fingerprint density at radius 1 is 1.17 bits per heavy atom. The highest BCUT2D eigenvalue weighted by molar-refractivity contribution is 5.74. The average molecular weight is 331 g/mol. The number of nitrogens with zero attached hydrogens (tertiary/aromatic N) is 2. The molecular formula is C19H29N3O2. The molecule has 1 aromatic carbocycles. The first-order valence-electron chi connectivity index (χ1n) is 9.17. The molecule has 2 atom stereocenters. The zero-order chi connectivity index (χ0) is 16.9. The molecule has 2 N–H and O–H groups in total. The van der Waals surface area contributed by atoms with Gasteiger partial charge in [0.05, 0.1) is 6.10 Å². The van der Waals surface area contributed by atoms with Crippen molar-refractivity contribution in [1.29, 1.82) is 0 Å². The predicted octanol–water partition coefficient (Wildman–Crippen LogP) is 2.46. The molecule has 5 nitrogen and oxygen atoms in total. The van der Waals surface area contributed by atoms with E-state index in [1.165, 1.54) is 5.69 Å². The van der Waals surface area contributed by atoms with Gasteiger partial charge in [0.15, 0.2) is 0 Å². The number of likely N-dealkylation sites (tertiary alicyclic amines) is 1. The Balaban J connectivity index is 1.50. The fraction of sp³-hybridized carbons (Fsp3) is 0.632. The minimum absolute atomic E-state index is 0.0546. The van der Waals surface area contributed by atoms with Crippen LogP contribution >= 0.6 is 0 Å². The molecule has 0 aromatic heterocycles. The van der Waals surface area contributed by atoms with Crippen LogP contribution < -0.4 is 10.2 Å². The molecular weight excluding hydrogens is 302 g/mol. The third kappa shape index (κ3) is 4.20. The van der Waals surface area contributed by atoms with Crippen molar-refractivity contribution in [1.82, 2.24) is 10.2 Å². The number of nitrogens with one attached hydrogen (secondary N) is 1. The third-order valence-electron chi connectivity index (χ3n) is 5.38. The monoisotopic (exact) mass is 331 g/mol. The first-order chi connectivity index (χ1) is 11.6. The lowest BCUT2D eigenvalue weighted by molar-refractivity contribution is 0.0792. The van der Waals surface area contributed by atoms with Crippen LogP contribution in [0.3, 0.4) is 0 Å². The summed E-state index contributed by atoms with van der Waals surface area (Å²) in [5.41, 5.74) is 1.23. The highest BCUT2D eigenvalue weighted by Gasteiger charge is 2.28. The SMILES string of the molecule is CC(O)C1CCN(C(=O)NC2CCCN(c3ccccc3)C2)CC1. The lowest BCUT2D eigenvalue weighted by Crippen LogP contribution is -2.53. The normalized spacial score (nSPS) is 23.8. The molecule has 24 heavy (non-hydrogen) atoms. The van der Waals surface area contributed by atoms with Crippen molar-refractivity contribution in [3.8, 4) is 0 Å². The maximum Gasteiger partial charge on any atom is 0.317 e. The molecule has 2 aliphatic heterocycles. The minimum Gasteiger partial charge on any atom is -0.393 e. The number of urea groups is 1. The smallest absolute Gasteiger partial charge is 0.317 e. The van der Waals surface area contributed by atoms with Crippen molar-refractivity contribution in [3.63, 3.8) is 0 Å². The molecule has 0 bridgehead atoms. The number of amides is 2. The fourth-order valence-corrected chi connectivity index (χ4v) is 3.82. The van der Waals surface area contributed by atoms with Crippen LogP contribution in [0, 0.1) is 5.92 Å². The molecule has 0 radical (unpaired) electrons. The molecule has 132 valence electrons. The highest BCUT2D eigenvalue weighted by Crippen LogP contribution is 2.22. The second kappa shape index (κ2) is 7.88. The van der Waals surface area contributed by atoms with Gasteiger partial charge in [-0.05, 0) is 50.7 Å². The van der Waals surface area contributed by atoms with Gasteiger partial charge in [0.2, 0.25) is 0 Å². The molecule has 0 saturated carbocycles. The molecule has 2 saturated heterocycles. The summed E-state index contributed by atoms with van der Waals surface area (Å²) in [6.07, 6.45) is 3.66. The number of carbonyl (C=O) groups is 1. The summed E-state index contributed by atoms with van der Waals surface area (Å²) in [7, 11) is 0.